The highest BCUT2D eigenvalue weighted by Crippen LogP contribution is 2.23. The molecule has 0 spiro atoms. The van der Waals surface area contributed by atoms with Crippen molar-refractivity contribution in [1.29, 1.82) is 0 Å². The zero-order chi connectivity index (χ0) is 19.2. The van der Waals surface area contributed by atoms with Crippen LogP contribution in [0.3, 0.4) is 0 Å². The van der Waals surface area contributed by atoms with Gasteiger partial charge in [0.05, 0.1) is 12.5 Å². The van der Waals surface area contributed by atoms with Gasteiger partial charge < -0.3 is 25.4 Å². The second-order valence-electron chi connectivity index (χ2n) is 6.66. The average Bonchev–Trinajstić information content (AvgIpc) is 2.44. The van der Waals surface area contributed by atoms with Crippen molar-refractivity contribution in [2.24, 2.45) is 0 Å². The number of amides is 1. The molecule has 0 aromatic heterocycles. The number of aliphatic hydroxyl groups excluding tert-OH is 2. The number of hydrogen-bond acceptors (Lipinski definition) is 5. The van der Waals surface area contributed by atoms with Gasteiger partial charge in [0.15, 0.2) is 0 Å². The van der Waals surface area contributed by atoms with Gasteiger partial charge in [0.1, 0.15) is 17.5 Å². The van der Waals surface area contributed by atoms with Gasteiger partial charge in [0, 0.05) is 12.1 Å². The number of carboxylic acid groups (broad SMARTS) is 1. The van der Waals surface area contributed by atoms with Gasteiger partial charge in [0.25, 0.3) is 0 Å². The van der Waals surface area contributed by atoms with Crippen LogP contribution >= 0.6 is 0 Å². The van der Waals surface area contributed by atoms with Crippen LogP contribution in [0.25, 0.3) is 0 Å². The molecule has 4 N–H and O–H groups in total. The maximum absolute atomic E-state index is 14.0. The van der Waals surface area contributed by atoms with Crippen LogP contribution in [0.15, 0.2) is 18.2 Å². The molecule has 1 rings (SSSR count). The summed E-state index contributed by atoms with van der Waals surface area (Å²) in [6, 6.07) is 3.63. The Hall–Kier alpha value is -2.19. The predicted octanol–water partition coefficient (Wildman–Crippen LogP) is 1.76. The molecular weight excluding hydrogens is 333 g/mol. The fraction of sp³-hybridized carbons (Fsp3) is 0.529. The van der Waals surface area contributed by atoms with Crippen molar-refractivity contribution in [2.45, 2.75) is 51.4 Å². The van der Waals surface area contributed by atoms with Gasteiger partial charge in [-0.3, -0.25) is 4.79 Å². The molecule has 0 radical (unpaired) electrons. The van der Waals surface area contributed by atoms with E-state index in [0.717, 1.165) is 6.07 Å². The van der Waals surface area contributed by atoms with E-state index in [-0.39, 0.29) is 30.5 Å². The summed E-state index contributed by atoms with van der Waals surface area (Å²) in [6.07, 6.45) is -3.82. The van der Waals surface area contributed by atoms with Crippen LogP contribution in [0.4, 0.5) is 9.18 Å². The Kier molecular flexibility index (Phi) is 7.32. The number of carbonyl (C=O) groups excluding carboxylic acids is 1. The van der Waals surface area contributed by atoms with Crippen molar-refractivity contribution >= 4 is 12.1 Å². The maximum Gasteiger partial charge on any atom is 0.407 e. The molecule has 2 atom stereocenters. The highest BCUT2D eigenvalue weighted by Gasteiger charge is 2.22. The molecule has 1 amide bonds. The number of benzene rings is 1. The lowest BCUT2D eigenvalue weighted by molar-refractivity contribution is -0.136. The molecule has 0 aliphatic rings. The minimum atomic E-state index is -1.50. The van der Waals surface area contributed by atoms with Gasteiger partial charge in [-0.2, -0.15) is 0 Å². The van der Waals surface area contributed by atoms with Crippen molar-refractivity contribution in [3.63, 3.8) is 0 Å². The number of halogens is 1. The Morgan fingerprint density at radius 3 is 2.44 bits per heavy atom. The van der Waals surface area contributed by atoms with Gasteiger partial charge in [-0.25, -0.2) is 9.18 Å². The third-order valence-electron chi connectivity index (χ3n) is 3.21. The molecule has 0 aliphatic carbocycles. The number of aliphatic hydroxyl groups is 2. The minimum Gasteiger partial charge on any atom is -0.481 e. The molecule has 0 heterocycles. The average molecular weight is 357 g/mol. The third-order valence-corrected chi connectivity index (χ3v) is 3.21. The van der Waals surface area contributed by atoms with Crippen molar-refractivity contribution < 1.29 is 34.0 Å². The Balaban J connectivity index is 2.57. The molecule has 25 heavy (non-hydrogen) atoms. The highest BCUT2D eigenvalue weighted by molar-refractivity contribution is 5.70. The topological polar surface area (TPSA) is 116 Å². The second kappa shape index (κ2) is 8.77. The SMILES string of the molecule is CC(C)(C)OC(=O)NCCC(O)C(O)c1ccc(CC(=O)O)cc1F. The van der Waals surface area contributed by atoms with Crippen molar-refractivity contribution in [1.82, 2.24) is 5.32 Å². The summed E-state index contributed by atoms with van der Waals surface area (Å²) in [4.78, 5) is 22.1. The number of nitrogens with one attached hydrogen (secondary N) is 1. The highest BCUT2D eigenvalue weighted by atomic mass is 19.1. The number of ether oxygens (including phenoxy) is 1. The summed E-state index contributed by atoms with van der Waals surface area (Å²) < 4.78 is 19.0. The van der Waals surface area contributed by atoms with Crippen molar-refractivity contribution in [2.75, 3.05) is 6.54 Å². The Labute approximate surface area is 145 Å². The summed E-state index contributed by atoms with van der Waals surface area (Å²) in [6.45, 7) is 5.16. The molecule has 1 aromatic rings. The molecule has 7 nitrogen and oxygen atoms in total. The summed E-state index contributed by atoms with van der Waals surface area (Å²) in [5.41, 5.74) is -0.538. The van der Waals surface area contributed by atoms with Crippen LogP contribution in [0.1, 0.15) is 44.4 Å². The largest absolute Gasteiger partial charge is 0.481 e. The van der Waals surface area contributed by atoms with Crippen LogP contribution < -0.4 is 5.32 Å². The molecule has 0 saturated heterocycles. The van der Waals surface area contributed by atoms with E-state index in [4.69, 9.17) is 9.84 Å². The number of carbonyl (C=O) groups is 2. The van der Waals surface area contributed by atoms with Gasteiger partial charge in [-0.1, -0.05) is 12.1 Å². The molecular formula is C17H24FNO6. The van der Waals surface area contributed by atoms with E-state index in [2.05, 4.69) is 5.32 Å². The van der Waals surface area contributed by atoms with E-state index in [1.54, 1.807) is 20.8 Å². The fourth-order valence-electron chi connectivity index (χ4n) is 2.10. The quantitative estimate of drug-likeness (QED) is 0.591. The molecule has 0 saturated carbocycles. The zero-order valence-corrected chi connectivity index (χ0v) is 14.5. The van der Waals surface area contributed by atoms with Crippen molar-refractivity contribution in [3.8, 4) is 0 Å². The number of hydrogen-bond donors (Lipinski definition) is 4. The predicted molar refractivity (Wildman–Crippen MR) is 87.6 cm³/mol. The lowest BCUT2D eigenvalue weighted by atomic mass is 9.99. The standard InChI is InChI=1S/C17H24FNO6/c1-17(2,3)25-16(24)19-7-6-13(20)15(23)11-5-4-10(8-12(11)18)9-14(21)22/h4-5,8,13,15,20,23H,6-7,9H2,1-3H3,(H,19,24)(H,21,22). The van der Waals surface area contributed by atoms with E-state index in [1.165, 1.54) is 12.1 Å². The van der Waals surface area contributed by atoms with E-state index in [0.29, 0.717) is 0 Å². The normalized spacial score (nSPS) is 13.8. The fourth-order valence-corrected chi connectivity index (χ4v) is 2.10. The number of rotatable bonds is 7. The van der Waals surface area contributed by atoms with Gasteiger partial charge >= 0.3 is 12.1 Å². The van der Waals surface area contributed by atoms with Gasteiger partial charge in [-0.05, 0) is 38.8 Å². The Morgan fingerprint density at radius 1 is 1.28 bits per heavy atom. The lowest BCUT2D eigenvalue weighted by Crippen LogP contribution is -2.34. The first kappa shape index (κ1) is 20.9. The first-order chi connectivity index (χ1) is 11.5. The summed E-state index contributed by atoms with van der Waals surface area (Å²) in [5, 5.41) is 31.1. The second-order valence-corrected chi connectivity index (χ2v) is 6.66. The zero-order valence-electron chi connectivity index (χ0n) is 14.5. The van der Waals surface area contributed by atoms with Crippen LogP contribution in [-0.2, 0) is 16.0 Å². The van der Waals surface area contributed by atoms with Crippen molar-refractivity contribution in [3.05, 3.63) is 35.1 Å². The van der Waals surface area contributed by atoms with E-state index in [9.17, 15) is 24.2 Å². The van der Waals surface area contributed by atoms with Crippen LogP contribution in [0, 0.1) is 5.82 Å². The minimum absolute atomic E-state index is 0.0171. The molecule has 140 valence electrons. The van der Waals surface area contributed by atoms with Crippen LogP contribution in [-0.4, -0.2) is 45.6 Å². The lowest BCUT2D eigenvalue weighted by Gasteiger charge is -2.21. The Morgan fingerprint density at radius 2 is 1.92 bits per heavy atom. The molecule has 0 fully saturated rings. The van der Waals surface area contributed by atoms with E-state index < -0.39 is 35.7 Å². The monoisotopic (exact) mass is 357 g/mol. The summed E-state index contributed by atoms with van der Waals surface area (Å²) >= 11 is 0. The summed E-state index contributed by atoms with van der Waals surface area (Å²) in [7, 11) is 0. The number of aliphatic carboxylic acids is 1. The van der Waals surface area contributed by atoms with E-state index >= 15 is 0 Å². The first-order valence-corrected chi connectivity index (χ1v) is 7.82. The number of alkyl carbamates (subject to hydrolysis) is 1. The van der Waals surface area contributed by atoms with Gasteiger partial charge in [-0.15, -0.1) is 0 Å². The molecule has 8 heteroatoms. The molecule has 1 aromatic carbocycles. The van der Waals surface area contributed by atoms with E-state index in [1.807, 2.05) is 0 Å². The van der Waals surface area contributed by atoms with Crippen LogP contribution in [0.5, 0.6) is 0 Å². The molecule has 0 aliphatic heterocycles. The van der Waals surface area contributed by atoms with Gasteiger partial charge in [0.2, 0.25) is 0 Å². The molecule has 2 unspecified atom stereocenters. The third kappa shape index (κ3) is 7.49. The number of carboxylic acids is 1. The maximum atomic E-state index is 14.0. The summed E-state index contributed by atoms with van der Waals surface area (Å²) in [5.74, 6) is -1.90. The first-order valence-electron chi connectivity index (χ1n) is 7.82. The molecule has 0 bridgehead atoms. The van der Waals surface area contributed by atoms with Crippen LogP contribution in [0.2, 0.25) is 0 Å². The smallest absolute Gasteiger partial charge is 0.407 e. The Bertz CT molecular complexity index is 614.